The van der Waals surface area contributed by atoms with Gasteiger partial charge in [0.1, 0.15) is 12.2 Å². The van der Waals surface area contributed by atoms with Crippen LogP contribution in [0.2, 0.25) is 0 Å². The molecule has 0 saturated carbocycles. The van der Waals surface area contributed by atoms with Crippen molar-refractivity contribution in [1.29, 1.82) is 0 Å². The number of carbonyl (C=O) groups is 2. The van der Waals surface area contributed by atoms with E-state index in [2.05, 4.69) is 10.6 Å². The number of amides is 2. The van der Waals surface area contributed by atoms with Crippen molar-refractivity contribution in [2.75, 3.05) is 5.32 Å². The third-order valence-electron chi connectivity index (χ3n) is 2.66. The lowest BCUT2D eigenvalue weighted by atomic mass is 10.2. The van der Waals surface area contributed by atoms with E-state index in [9.17, 15) is 9.59 Å². The molecule has 0 saturated heterocycles. The quantitative estimate of drug-likeness (QED) is 0.820. The topological polar surface area (TPSA) is 71.3 Å². The molecule has 2 rings (SSSR count). The van der Waals surface area contributed by atoms with Gasteiger partial charge in [0.25, 0.3) is 0 Å². The lowest BCUT2D eigenvalue weighted by Crippen LogP contribution is -2.27. The Bertz CT molecular complexity index is 591. The summed E-state index contributed by atoms with van der Waals surface area (Å²) < 4.78 is 5.08. The largest absolute Gasteiger partial charge is 0.467 e. The van der Waals surface area contributed by atoms with Gasteiger partial charge in [-0.3, -0.25) is 9.59 Å². The van der Waals surface area contributed by atoms with E-state index in [-0.39, 0.29) is 24.8 Å². The van der Waals surface area contributed by atoms with Gasteiger partial charge in [-0.25, -0.2) is 0 Å². The van der Waals surface area contributed by atoms with E-state index in [1.54, 1.807) is 18.2 Å². The number of nitrogens with one attached hydrogen (secondary N) is 2. The van der Waals surface area contributed by atoms with E-state index >= 15 is 0 Å². The monoisotopic (exact) mass is 272 g/mol. The molecule has 0 aliphatic carbocycles. The molecule has 2 amide bonds. The Morgan fingerprint density at radius 3 is 2.70 bits per heavy atom. The molecule has 5 heteroatoms. The summed E-state index contributed by atoms with van der Waals surface area (Å²) in [4.78, 5) is 23.3. The average Bonchev–Trinajstić information content (AvgIpc) is 2.89. The summed E-state index contributed by atoms with van der Waals surface area (Å²) in [6, 6.07) is 10.9. The Labute approximate surface area is 117 Å². The zero-order chi connectivity index (χ0) is 14.4. The van der Waals surface area contributed by atoms with Gasteiger partial charge in [0, 0.05) is 5.69 Å². The van der Waals surface area contributed by atoms with Crippen LogP contribution < -0.4 is 10.6 Å². The van der Waals surface area contributed by atoms with Crippen LogP contribution in [0.3, 0.4) is 0 Å². The summed E-state index contributed by atoms with van der Waals surface area (Å²) in [6.45, 7) is 2.22. The van der Waals surface area contributed by atoms with Crippen LogP contribution in [-0.2, 0) is 16.1 Å². The van der Waals surface area contributed by atoms with Crippen molar-refractivity contribution in [2.45, 2.75) is 19.9 Å². The number of anilines is 1. The molecule has 0 aliphatic rings. The highest BCUT2D eigenvalue weighted by Crippen LogP contribution is 2.09. The second-order valence-corrected chi connectivity index (χ2v) is 4.45. The molecule has 0 unspecified atom stereocenters. The predicted octanol–water partition coefficient (Wildman–Crippen LogP) is 2.23. The van der Waals surface area contributed by atoms with Gasteiger partial charge in [-0.15, -0.1) is 0 Å². The third kappa shape index (κ3) is 4.28. The average molecular weight is 272 g/mol. The van der Waals surface area contributed by atoms with Crippen molar-refractivity contribution in [3.8, 4) is 0 Å². The van der Waals surface area contributed by atoms with Crippen LogP contribution in [0, 0.1) is 6.92 Å². The first-order valence-corrected chi connectivity index (χ1v) is 6.29. The number of carbonyl (C=O) groups excluding carboxylic acids is 2. The van der Waals surface area contributed by atoms with E-state index in [0.29, 0.717) is 11.4 Å². The first kappa shape index (κ1) is 13.9. The van der Waals surface area contributed by atoms with Gasteiger partial charge in [0.05, 0.1) is 12.8 Å². The summed E-state index contributed by atoms with van der Waals surface area (Å²) in [7, 11) is 0. The van der Waals surface area contributed by atoms with Crippen molar-refractivity contribution in [1.82, 2.24) is 5.32 Å². The Morgan fingerprint density at radius 2 is 2.00 bits per heavy atom. The summed E-state index contributed by atoms with van der Waals surface area (Å²) >= 11 is 0. The molecule has 20 heavy (non-hydrogen) atoms. The standard InChI is InChI=1S/C15H16N2O3/c1-11-4-2-5-12(8-11)17-15(19)9-14(18)16-10-13-6-3-7-20-13/h2-8H,9-10H2,1H3,(H,16,18)(H,17,19). The van der Waals surface area contributed by atoms with Gasteiger partial charge in [0.2, 0.25) is 11.8 Å². The molecule has 0 aliphatic heterocycles. The van der Waals surface area contributed by atoms with Gasteiger partial charge < -0.3 is 15.1 Å². The fourth-order valence-electron chi connectivity index (χ4n) is 1.74. The molecular weight excluding hydrogens is 256 g/mol. The van der Waals surface area contributed by atoms with E-state index < -0.39 is 0 Å². The van der Waals surface area contributed by atoms with Gasteiger partial charge in [-0.05, 0) is 36.8 Å². The summed E-state index contributed by atoms with van der Waals surface area (Å²) in [6.07, 6.45) is 1.32. The van der Waals surface area contributed by atoms with Crippen LogP contribution in [0.5, 0.6) is 0 Å². The Balaban J connectivity index is 1.77. The zero-order valence-electron chi connectivity index (χ0n) is 11.2. The zero-order valence-corrected chi connectivity index (χ0v) is 11.2. The molecule has 0 fully saturated rings. The SMILES string of the molecule is Cc1cccc(NC(=O)CC(=O)NCc2ccco2)c1. The maximum absolute atomic E-state index is 11.7. The fraction of sp³-hybridized carbons (Fsp3) is 0.200. The lowest BCUT2D eigenvalue weighted by molar-refractivity contribution is -0.127. The molecule has 104 valence electrons. The van der Waals surface area contributed by atoms with Crippen LogP contribution >= 0.6 is 0 Å². The normalized spacial score (nSPS) is 10.1. The third-order valence-corrected chi connectivity index (χ3v) is 2.66. The van der Waals surface area contributed by atoms with Crippen molar-refractivity contribution < 1.29 is 14.0 Å². The van der Waals surface area contributed by atoms with Gasteiger partial charge in [-0.2, -0.15) is 0 Å². The van der Waals surface area contributed by atoms with Gasteiger partial charge in [-0.1, -0.05) is 12.1 Å². The molecule has 5 nitrogen and oxygen atoms in total. The molecule has 0 atom stereocenters. The first-order chi connectivity index (χ1) is 9.63. The number of hydrogen-bond donors (Lipinski definition) is 2. The second kappa shape index (κ2) is 6.56. The van der Waals surface area contributed by atoms with Crippen LogP contribution in [-0.4, -0.2) is 11.8 Å². The minimum Gasteiger partial charge on any atom is -0.467 e. The predicted molar refractivity (Wildman–Crippen MR) is 75.0 cm³/mol. The van der Waals surface area contributed by atoms with Crippen molar-refractivity contribution in [3.05, 3.63) is 54.0 Å². The van der Waals surface area contributed by atoms with E-state index in [1.165, 1.54) is 6.26 Å². The number of benzene rings is 1. The van der Waals surface area contributed by atoms with Crippen molar-refractivity contribution in [3.63, 3.8) is 0 Å². The Morgan fingerprint density at radius 1 is 1.15 bits per heavy atom. The summed E-state index contributed by atoms with van der Waals surface area (Å²) in [5.41, 5.74) is 1.74. The van der Waals surface area contributed by atoms with Crippen LogP contribution in [0.25, 0.3) is 0 Å². The smallest absolute Gasteiger partial charge is 0.233 e. The molecule has 2 N–H and O–H groups in total. The molecule has 0 radical (unpaired) electrons. The van der Waals surface area contributed by atoms with Gasteiger partial charge >= 0.3 is 0 Å². The molecule has 2 aromatic rings. The number of hydrogen-bond acceptors (Lipinski definition) is 3. The highest BCUT2D eigenvalue weighted by molar-refractivity contribution is 6.03. The lowest BCUT2D eigenvalue weighted by Gasteiger charge is -2.06. The van der Waals surface area contributed by atoms with Crippen molar-refractivity contribution in [2.24, 2.45) is 0 Å². The van der Waals surface area contributed by atoms with E-state index in [1.807, 2.05) is 25.1 Å². The summed E-state index contributed by atoms with van der Waals surface area (Å²) in [5.74, 6) is -0.0310. The number of rotatable bonds is 5. The number of furan rings is 1. The molecule has 1 heterocycles. The van der Waals surface area contributed by atoms with Gasteiger partial charge in [0.15, 0.2) is 0 Å². The molecular formula is C15H16N2O3. The summed E-state index contributed by atoms with van der Waals surface area (Å²) in [5, 5.41) is 5.30. The van der Waals surface area contributed by atoms with E-state index in [4.69, 9.17) is 4.42 Å². The molecule has 0 bridgehead atoms. The van der Waals surface area contributed by atoms with Crippen molar-refractivity contribution >= 4 is 17.5 Å². The highest BCUT2D eigenvalue weighted by Gasteiger charge is 2.10. The first-order valence-electron chi connectivity index (χ1n) is 6.29. The molecule has 0 spiro atoms. The van der Waals surface area contributed by atoms with Crippen LogP contribution in [0.15, 0.2) is 47.1 Å². The Kier molecular flexibility index (Phi) is 4.55. The second-order valence-electron chi connectivity index (χ2n) is 4.45. The maximum Gasteiger partial charge on any atom is 0.233 e. The van der Waals surface area contributed by atoms with Crippen LogP contribution in [0.1, 0.15) is 17.7 Å². The molecule has 1 aromatic carbocycles. The van der Waals surface area contributed by atoms with E-state index in [0.717, 1.165) is 5.56 Å². The maximum atomic E-state index is 11.7. The molecule has 1 aromatic heterocycles. The fourth-order valence-corrected chi connectivity index (χ4v) is 1.74. The minimum absolute atomic E-state index is 0.214. The Hall–Kier alpha value is -2.56. The van der Waals surface area contributed by atoms with Crippen LogP contribution in [0.4, 0.5) is 5.69 Å². The highest BCUT2D eigenvalue weighted by atomic mass is 16.3. The minimum atomic E-state index is -0.341. The number of aryl methyl sites for hydroxylation is 1.